The molecule has 3 heteroatoms. The van der Waals surface area contributed by atoms with Gasteiger partial charge in [0.05, 0.1) is 0 Å². The van der Waals surface area contributed by atoms with E-state index < -0.39 is 0 Å². The van der Waals surface area contributed by atoms with Gasteiger partial charge in [0.1, 0.15) is 13.2 Å². The van der Waals surface area contributed by atoms with Gasteiger partial charge in [0.15, 0.2) is 11.5 Å². The third-order valence-electron chi connectivity index (χ3n) is 2.84. The smallest absolute Gasteiger partial charge is 0.164 e. The Morgan fingerprint density at radius 1 is 1.21 bits per heavy atom. The molecule has 74 valence electrons. The molecule has 2 N–H and O–H groups in total. The number of hydrogen-bond acceptors (Lipinski definition) is 3. The Balaban J connectivity index is 2.02. The summed E-state index contributed by atoms with van der Waals surface area (Å²) in [6, 6.07) is 6.36. The van der Waals surface area contributed by atoms with Crippen molar-refractivity contribution < 1.29 is 9.47 Å². The highest BCUT2D eigenvalue weighted by atomic mass is 16.6. The zero-order valence-electron chi connectivity index (χ0n) is 7.90. The molecule has 1 fully saturated rings. The van der Waals surface area contributed by atoms with Crippen LogP contribution in [0.3, 0.4) is 0 Å². The number of fused-ring (bicyclic) bond motifs is 1. The van der Waals surface area contributed by atoms with Crippen LogP contribution in [-0.4, -0.2) is 19.3 Å². The first-order valence-corrected chi connectivity index (χ1v) is 5.00. The van der Waals surface area contributed by atoms with Crippen molar-refractivity contribution in [2.45, 2.75) is 18.4 Å². The van der Waals surface area contributed by atoms with Crippen molar-refractivity contribution in [1.29, 1.82) is 0 Å². The number of nitrogens with two attached hydrogens (primary N) is 1. The summed E-state index contributed by atoms with van der Waals surface area (Å²) in [7, 11) is 0. The molecule has 1 saturated carbocycles. The van der Waals surface area contributed by atoms with E-state index >= 15 is 0 Å². The summed E-state index contributed by atoms with van der Waals surface area (Å²) in [6.07, 6.45) is 1.07. The Kier molecular flexibility index (Phi) is 1.67. The molecule has 2 unspecified atom stereocenters. The van der Waals surface area contributed by atoms with Crippen LogP contribution in [0.25, 0.3) is 0 Å². The number of hydrogen-bond donors (Lipinski definition) is 1. The molecule has 2 aliphatic rings. The summed E-state index contributed by atoms with van der Waals surface area (Å²) in [4.78, 5) is 0. The van der Waals surface area contributed by atoms with Gasteiger partial charge in [0.2, 0.25) is 0 Å². The normalized spacial score (nSPS) is 28.6. The third-order valence-corrected chi connectivity index (χ3v) is 2.84. The minimum absolute atomic E-state index is 0.312. The van der Waals surface area contributed by atoms with Crippen LogP contribution in [0.4, 0.5) is 0 Å². The summed E-state index contributed by atoms with van der Waals surface area (Å²) in [5, 5.41) is 0. The van der Waals surface area contributed by atoms with Crippen molar-refractivity contribution >= 4 is 0 Å². The second kappa shape index (κ2) is 2.89. The van der Waals surface area contributed by atoms with E-state index in [9.17, 15) is 0 Å². The summed E-state index contributed by atoms with van der Waals surface area (Å²) >= 11 is 0. The van der Waals surface area contributed by atoms with Crippen LogP contribution in [0.5, 0.6) is 11.5 Å². The van der Waals surface area contributed by atoms with Gasteiger partial charge in [-0.15, -0.1) is 0 Å². The highest BCUT2D eigenvalue weighted by Gasteiger charge is 2.38. The summed E-state index contributed by atoms with van der Waals surface area (Å²) in [5.74, 6) is 2.26. The molecule has 0 amide bonds. The lowest BCUT2D eigenvalue weighted by atomic mass is 10.1. The van der Waals surface area contributed by atoms with E-state index in [4.69, 9.17) is 15.2 Å². The molecule has 0 radical (unpaired) electrons. The second-order valence-electron chi connectivity index (χ2n) is 3.88. The standard InChI is InChI=1S/C11H13NO2/c12-9-6-8(9)7-2-1-3-10-11(7)14-5-4-13-10/h1-3,8-9H,4-6,12H2. The Labute approximate surface area is 82.8 Å². The number of ether oxygens (including phenoxy) is 2. The Bertz CT molecular complexity index is 364. The topological polar surface area (TPSA) is 44.5 Å². The van der Waals surface area contributed by atoms with E-state index in [0.717, 1.165) is 17.9 Å². The number of para-hydroxylation sites is 1. The lowest BCUT2D eigenvalue weighted by Gasteiger charge is -2.20. The van der Waals surface area contributed by atoms with E-state index in [-0.39, 0.29) is 0 Å². The molecule has 1 aromatic rings. The zero-order valence-corrected chi connectivity index (χ0v) is 7.90. The monoisotopic (exact) mass is 191 g/mol. The second-order valence-corrected chi connectivity index (χ2v) is 3.88. The average Bonchev–Trinajstić information content (AvgIpc) is 2.95. The first-order valence-electron chi connectivity index (χ1n) is 5.00. The Hall–Kier alpha value is -1.22. The van der Waals surface area contributed by atoms with Crippen LogP contribution < -0.4 is 15.2 Å². The van der Waals surface area contributed by atoms with Gasteiger partial charge in [-0.2, -0.15) is 0 Å². The molecule has 0 spiro atoms. The molecule has 14 heavy (non-hydrogen) atoms. The van der Waals surface area contributed by atoms with Gasteiger partial charge in [-0.1, -0.05) is 12.1 Å². The minimum Gasteiger partial charge on any atom is -0.486 e. The fourth-order valence-corrected chi connectivity index (χ4v) is 1.96. The molecular weight excluding hydrogens is 178 g/mol. The highest BCUT2D eigenvalue weighted by molar-refractivity contribution is 5.51. The number of benzene rings is 1. The fourth-order valence-electron chi connectivity index (χ4n) is 1.96. The molecule has 0 bridgehead atoms. The zero-order chi connectivity index (χ0) is 9.54. The van der Waals surface area contributed by atoms with Crippen molar-refractivity contribution in [1.82, 2.24) is 0 Å². The van der Waals surface area contributed by atoms with Gasteiger partial charge >= 0.3 is 0 Å². The summed E-state index contributed by atoms with van der Waals surface area (Å²) in [5.41, 5.74) is 7.05. The minimum atomic E-state index is 0.312. The fraction of sp³-hybridized carbons (Fsp3) is 0.455. The van der Waals surface area contributed by atoms with Crippen molar-refractivity contribution in [2.24, 2.45) is 5.73 Å². The van der Waals surface area contributed by atoms with E-state index in [1.165, 1.54) is 5.56 Å². The maximum absolute atomic E-state index is 5.84. The van der Waals surface area contributed by atoms with E-state index in [1.54, 1.807) is 0 Å². The lowest BCUT2D eigenvalue weighted by Crippen LogP contribution is -2.16. The van der Waals surface area contributed by atoms with Crippen LogP contribution in [-0.2, 0) is 0 Å². The molecule has 0 saturated heterocycles. The van der Waals surface area contributed by atoms with Gasteiger partial charge in [0.25, 0.3) is 0 Å². The van der Waals surface area contributed by atoms with Gasteiger partial charge in [-0.3, -0.25) is 0 Å². The van der Waals surface area contributed by atoms with Gasteiger partial charge < -0.3 is 15.2 Å². The molecule has 1 aliphatic heterocycles. The quantitative estimate of drug-likeness (QED) is 0.727. The molecular formula is C11H13NO2. The van der Waals surface area contributed by atoms with Crippen molar-refractivity contribution in [2.75, 3.05) is 13.2 Å². The lowest BCUT2D eigenvalue weighted by molar-refractivity contribution is 0.170. The van der Waals surface area contributed by atoms with Gasteiger partial charge in [0, 0.05) is 17.5 Å². The van der Waals surface area contributed by atoms with E-state index in [0.29, 0.717) is 25.2 Å². The van der Waals surface area contributed by atoms with E-state index in [2.05, 4.69) is 6.07 Å². The van der Waals surface area contributed by atoms with Gasteiger partial charge in [-0.25, -0.2) is 0 Å². The molecule has 3 rings (SSSR count). The summed E-state index contributed by atoms with van der Waals surface area (Å²) < 4.78 is 11.1. The third kappa shape index (κ3) is 1.16. The molecule has 3 nitrogen and oxygen atoms in total. The molecule has 1 aromatic carbocycles. The highest BCUT2D eigenvalue weighted by Crippen LogP contribution is 2.47. The maximum Gasteiger partial charge on any atom is 0.164 e. The molecule has 2 atom stereocenters. The Morgan fingerprint density at radius 3 is 2.79 bits per heavy atom. The first kappa shape index (κ1) is 8.12. The van der Waals surface area contributed by atoms with Crippen LogP contribution in [0.2, 0.25) is 0 Å². The van der Waals surface area contributed by atoms with E-state index in [1.807, 2.05) is 12.1 Å². The predicted molar refractivity (Wildman–Crippen MR) is 52.8 cm³/mol. The number of rotatable bonds is 1. The van der Waals surface area contributed by atoms with Crippen LogP contribution in [0, 0.1) is 0 Å². The van der Waals surface area contributed by atoms with Crippen molar-refractivity contribution in [3.05, 3.63) is 23.8 Å². The Morgan fingerprint density at radius 2 is 2.00 bits per heavy atom. The van der Waals surface area contributed by atoms with Gasteiger partial charge in [-0.05, 0) is 12.5 Å². The largest absolute Gasteiger partial charge is 0.486 e. The van der Waals surface area contributed by atoms with Crippen LogP contribution in [0.1, 0.15) is 17.9 Å². The maximum atomic E-state index is 5.84. The molecule has 1 aliphatic carbocycles. The van der Waals surface area contributed by atoms with Crippen LogP contribution in [0.15, 0.2) is 18.2 Å². The van der Waals surface area contributed by atoms with Crippen LogP contribution >= 0.6 is 0 Å². The molecule has 0 aromatic heterocycles. The average molecular weight is 191 g/mol. The SMILES string of the molecule is NC1CC1c1cccc2c1OCCO2. The molecule has 1 heterocycles. The predicted octanol–water partition coefficient (Wildman–Crippen LogP) is 1.27. The van der Waals surface area contributed by atoms with Crippen molar-refractivity contribution in [3.8, 4) is 11.5 Å². The first-order chi connectivity index (χ1) is 6.86. The van der Waals surface area contributed by atoms with Crippen molar-refractivity contribution in [3.63, 3.8) is 0 Å². The summed E-state index contributed by atoms with van der Waals surface area (Å²) in [6.45, 7) is 1.29.